The van der Waals surface area contributed by atoms with E-state index in [2.05, 4.69) is 20.9 Å². The molecule has 1 saturated carbocycles. The number of hydrogen-bond acceptors (Lipinski definition) is 10. The third-order valence-corrected chi connectivity index (χ3v) is 13.1. The van der Waals surface area contributed by atoms with Crippen molar-refractivity contribution in [2.24, 2.45) is 13.0 Å². The first kappa shape index (κ1) is 39.7. The first-order valence-corrected chi connectivity index (χ1v) is 20.4. The molecule has 2 aromatic heterocycles. The van der Waals surface area contributed by atoms with Crippen molar-refractivity contribution in [2.75, 3.05) is 21.3 Å². The zero-order chi connectivity index (χ0) is 42.9. The number of aromatic hydroxyl groups is 1. The molecule has 9 rings (SSSR count). The van der Waals surface area contributed by atoms with Crippen LogP contribution >= 0.6 is 15.9 Å². The van der Waals surface area contributed by atoms with Crippen molar-refractivity contribution in [2.45, 2.75) is 43.3 Å². The summed E-state index contributed by atoms with van der Waals surface area (Å²) in [5.74, 6) is -1.58. The first-order valence-electron chi connectivity index (χ1n) is 19.7. The average Bonchev–Trinajstić information content (AvgIpc) is 3.53. The average molecular weight is 887 g/mol. The van der Waals surface area contributed by atoms with E-state index >= 15 is 9.59 Å². The molecular formula is C46H40BrN5O9. The number of benzene rings is 4. The van der Waals surface area contributed by atoms with Gasteiger partial charge in [0.15, 0.2) is 34.6 Å². The Morgan fingerprint density at radius 3 is 2.21 bits per heavy atom. The third kappa shape index (κ3) is 5.96. The van der Waals surface area contributed by atoms with Gasteiger partial charge >= 0.3 is 11.4 Å². The minimum Gasteiger partial charge on any atom is -0.503 e. The van der Waals surface area contributed by atoms with Gasteiger partial charge in [-0.15, -0.1) is 0 Å². The Balaban J connectivity index is 1.21. The molecule has 0 radical (unpaired) electrons. The number of hydrogen-bond donors (Lipinski definition) is 1. The van der Waals surface area contributed by atoms with Gasteiger partial charge in [0.2, 0.25) is 0 Å². The number of carbonyl (C=O) groups is 2. The van der Waals surface area contributed by atoms with Crippen LogP contribution in [-0.4, -0.2) is 61.5 Å². The number of carbonyl (C=O) groups excluding carboxylic acids is 2. The Labute approximate surface area is 356 Å². The minimum absolute atomic E-state index is 0.0137. The molecule has 0 saturated heterocycles. The molecule has 4 atom stereocenters. The summed E-state index contributed by atoms with van der Waals surface area (Å²) in [5.41, 5.74) is 0.681. The second-order valence-electron chi connectivity index (χ2n) is 15.4. The molecule has 0 bridgehead atoms. The smallest absolute Gasteiger partial charge is 0.347 e. The molecule has 14 nitrogen and oxygen atoms in total. The van der Waals surface area contributed by atoms with Crippen LogP contribution in [0.15, 0.2) is 122 Å². The highest BCUT2D eigenvalue weighted by atomic mass is 79.9. The zero-order valence-corrected chi connectivity index (χ0v) is 35.2. The van der Waals surface area contributed by atoms with Crippen molar-refractivity contribution in [1.82, 2.24) is 23.5 Å². The molecule has 0 spiro atoms. The monoisotopic (exact) mass is 885 g/mol. The molecule has 3 heterocycles. The molecule has 0 unspecified atom stereocenters. The second kappa shape index (κ2) is 15.1. The van der Waals surface area contributed by atoms with E-state index in [1.807, 2.05) is 42.5 Å². The van der Waals surface area contributed by atoms with Crippen LogP contribution in [0.2, 0.25) is 0 Å². The van der Waals surface area contributed by atoms with Gasteiger partial charge in [-0.05, 0) is 62.8 Å². The van der Waals surface area contributed by atoms with Gasteiger partial charge in [-0.1, -0.05) is 66.7 Å². The van der Waals surface area contributed by atoms with E-state index < -0.39 is 40.2 Å². The number of aryl methyl sites for hydroxylation is 2. The fourth-order valence-electron chi connectivity index (χ4n) is 9.76. The predicted octanol–water partition coefficient (Wildman–Crippen LogP) is 5.25. The van der Waals surface area contributed by atoms with Gasteiger partial charge in [-0.25, -0.2) is 28.5 Å². The highest BCUT2D eigenvalue weighted by Gasteiger charge is 2.63. The van der Waals surface area contributed by atoms with Crippen LogP contribution in [0, 0.1) is 5.92 Å². The van der Waals surface area contributed by atoms with Crippen molar-refractivity contribution < 1.29 is 28.9 Å². The molecule has 61 heavy (non-hydrogen) atoms. The Morgan fingerprint density at radius 2 is 1.52 bits per heavy atom. The van der Waals surface area contributed by atoms with Crippen LogP contribution in [-0.2, 0) is 41.6 Å². The minimum atomic E-state index is -1.50. The lowest BCUT2D eigenvalue weighted by Crippen LogP contribution is -2.58. The van der Waals surface area contributed by atoms with E-state index in [4.69, 9.17) is 14.2 Å². The molecule has 2 aliphatic carbocycles. The van der Waals surface area contributed by atoms with E-state index in [1.54, 1.807) is 55.6 Å². The number of nitrogens with zero attached hydrogens (tertiary/aromatic N) is 5. The van der Waals surface area contributed by atoms with E-state index in [-0.39, 0.29) is 60.3 Å². The Bertz CT molecular complexity index is 3060. The van der Waals surface area contributed by atoms with Crippen LogP contribution in [0.1, 0.15) is 40.8 Å². The summed E-state index contributed by atoms with van der Waals surface area (Å²) in [4.78, 5) is 77.7. The number of phenolic OH excluding ortho intramolecular Hbond substituents is 1. The predicted molar refractivity (Wildman–Crippen MR) is 230 cm³/mol. The molecule has 310 valence electrons. The maximum absolute atomic E-state index is 15.3. The zero-order valence-electron chi connectivity index (χ0n) is 33.6. The van der Waals surface area contributed by atoms with Gasteiger partial charge in [0.05, 0.1) is 54.8 Å². The van der Waals surface area contributed by atoms with Crippen molar-refractivity contribution in [3.05, 3.63) is 161 Å². The highest BCUT2D eigenvalue weighted by Crippen LogP contribution is 2.62. The molecule has 1 N–H and O–H groups in total. The van der Waals surface area contributed by atoms with Crippen LogP contribution in [0.25, 0.3) is 16.6 Å². The van der Waals surface area contributed by atoms with Crippen LogP contribution in [0.4, 0.5) is 0 Å². The third-order valence-electron chi connectivity index (χ3n) is 12.5. The van der Waals surface area contributed by atoms with Crippen molar-refractivity contribution >= 4 is 44.1 Å². The van der Waals surface area contributed by atoms with E-state index in [0.29, 0.717) is 49.3 Å². The summed E-state index contributed by atoms with van der Waals surface area (Å²) in [6, 6.07) is 24.0. The van der Waals surface area contributed by atoms with E-state index in [1.165, 1.54) is 41.3 Å². The molecule has 4 aromatic carbocycles. The molecular weight excluding hydrogens is 846 g/mol. The summed E-state index contributed by atoms with van der Waals surface area (Å²) < 4.78 is 22.1. The van der Waals surface area contributed by atoms with Gasteiger partial charge in [0.1, 0.15) is 5.69 Å². The van der Waals surface area contributed by atoms with Gasteiger partial charge in [0.25, 0.3) is 5.56 Å². The number of Topliss-reactive ketones (excluding diaryl/α,β-unsaturated/α-hetero) is 1. The molecule has 0 amide bonds. The number of halogens is 1. The van der Waals surface area contributed by atoms with Crippen molar-refractivity contribution in [3.63, 3.8) is 0 Å². The number of ether oxygens (including phenoxy) is 3. The van der Waals surface area contributed by atoms with Crippen molar-refractivity contribution in [1.29, 1.82) is 0 Å². The van der Waals surface area contributed by atoms with Gasteiger partial charge < -0.3 is 23.9 Å². The number of methoxy groups -OCH3 is 3. The highest BCUT2D eigenvalue weighted by molar-refractivity contribution is 9.10. The van der Waals surface area contributed by atoms with Gasteiger partial charge in [-0.2, -0.15) is 0 Å². The van der Waals surface area contributed by atoms with E-state index in [0.717, 1.165) is 4.57 Å². The molecule has 1 aliphatic heterocycles. The van der Waals surface area contributed by atoms with Gasteiger partial charge in [0, 0.05) is 49.6 Å². The lowest BCUT2D eigenvalue weighted by molar-refractivity contribution is -0.133. The summed E-state index contributed by atoms with van der Waals surface area (Å²) in [5, 5.41) is 10.9. The fourth-order valence-corrected chi connectivity index (χ4v) is 10.2. The maximum Gasteiger partial charge on any atom is 0.347 e. The summed E-state index contributed by atoms with van der Waals surface area (Å²) >= 11 is 3.49. The first-order chi connectivity index (χ1) is 29.4. The Hall–Kier alpha value is -6.74. The number of phenols is 1. The fraction of sp³-hybridized carbons (Fsp3) is 0.261. The molecule has 6 aromatic rings. The standard InChI is InChI=1S/C46H40BrN5O9/c1-49-35-24-37(60-3)36(59-2)23-33(35)48-32(43(49)56)16-17-50-44(57)51-18-15-28-34(52(51)45(50)58)22-30-41(54)29(25-11-7-5-8-12-25)21-39(53)46(30,27-13-9-6-10-14-27)40(28)26-19-31(47)42(55)38(20-26)61-4/h5-15,19-21,23-24,30,34,40,55H,16-18,22H2,1-4H3/t30-,34+,40-,46-/m0/s1. The van der Waals surface area contributed by atoms with Crippen molar-refractivity contribution in [3.8, 4) is 23.0 Å². The summed E-state index contributed by atoms with van der Waals surface area (Å²) in [7, 11) is 6.03. The molecule has 1 fully saturated rings. The van der Waals surface area contributed by atoms with Crippen LogP contribution < -0.4 is 31.1 Å². The number of aromatic nitrogens is 5. The SMILES string of the molecule is COc1cc2nc(CCn3c(=O)n4n(c3=O)[C@@H]3C[C@H]5C(=O)C(c6ccccc6)=CC(=O)[C@@]5(c5ccccc5)[C@@H](c5cc(Br)c(O)c(OC)c5)C3=CC4)c(=O)n(C)c2cc1OC. The van der Waals surface area contributed by atoms with Crippen LogP contribution in [0.5, 0.6) is 23.0 Å². The van der Waals surface area contributed by atoms with E-state index in [9.17, 15) is 19.5 Å². The van der Waals surface area contributed by atoms with Crippen LogP contribution in [0.3, 0.4) is 0 Å². The number of allylic oxidation sites excluding steroid dienone is 4. The molecule has 3 aliphatic rings. The molecule has 15 heteroatoms. The Kier molecular flexibility index (Phi) is 9.81. The summed E-state index contributed by atoms with van der Waals surface area (Å²) in [6.07, 6.45) is 3.29. The number of fused-ring (bicyclic) bond motifs is 5. The largest absolute Gasteiger partial charge is 0.503 e. The Morgan fingerprint density at radius 1 is 0.852 bits per heavy atom. The summed E-state index contributed by atoms with van der Waals surface area (Å²) in [6.45, 7) is -0.171. The number of rotatable bonds is 9. The topological polar surface area (TPSA) is 166 Å². The lowest BCUT2D eigenvalue weighted by atomic mass is 9.47. The van der Waals surface area contributed by atoms with Gasteiger partial charge in [-0.3, -0.25) is 14.4 Å². The maximum atomic E-state index is 15.3. The second-order valence-corrected chi connectivity index (χ2v) is 16.2. The normalized spacial score (nSPS) is 20.6. The lowest BCUT2D eigenvalue weighted by Gasteiger charge is -2.54. The number of ketones is 2. The quantitative estimate of drug-likeness (QED) is 0.190.